The van der Waals surface area contributed by atoms with Gasteiger partial charge in [-0.3, -0.25) is 4.79 Å². The molecule has 0 aliphatic heterocycles. The number of allylic oxidation sites excluding steroid dienone is 1. The Hall–Kier alpha value is -1.10. The van der Waals surface area contributed by atoms with Gasteiger partial charge in [-0.25, -0.2) is 5.10 Å². The fraction of sp³-hybridized carbons (Fsp3) is 0.500. The fourth-order valence-electron chi connectivity index (χ4n) is 2.00. The van der Waals surface area contributed by atoms with Crippen molar-refractivity contribution >= 4 is 21.6 Å². The van der Waals surface area contributed by atoms with Gasteiger partial charge in [0.15, 0.2) is 0 Å². The Kier molecular flexibility index (Phi) is 4.36. The summed E-state index contributed by atoms with van der Waals surface area (Å²) in [5.74, 6) is 0. The Bertz CT molecular complexity index is 467. The van der Waals surface area contributed by atoms with Gasteiger partial charge in [-0.1, -0.05) is 11.6 Å². The molecule has 4 nitrogen and oxygen atoms in total. The lowest BCUT2D eigenvalue weighted by molar-refractivity contribution is 0.679. The van der Waals surface area contributed by atoms with E-state index < -0.39 is 0 Å². The average molecular weight is 298 g/mol. The van der Waals surface area contributed by atoms with E-state index in [1.807, 2.05) is 0 Å². The highest BCUT2D eigenvalue weighted by Gasteiger charge is 2.05. The van der Waals surface area contributed by atoms with Crippen LogP contribution in [-0.2, 0) is 0 Å². The summed E-state index contributed by atoms with van der Waals surface area (Å²) in [4.78, 5) is 11.3. The molecule has 0 amide bonds. The molecular weight excluding hydrogens is 282 g/mol. The lowest BCUT2D eigenvalue weighted by Gasteiger charge is -2.13. The summed E-state index contributed by atoms with van der Waals surface area (Å²) in [5, 5.41) is 9.37. The van der Waals surface area contributed by atoms with Crippen LogP contribution in [0.15, 0.2) is 27.1 Å². The van der Waals surface area contributed by atoms with Crippen molar-refractivity contribution in [2.45, 2.75) is 32.1 Å². The van der Waals surface area contributed by atoms with Crippen LogP contribution in [0.1, 0.15) is 32.1 Å². The normalized spacial score (nSPS) is 15.5. The third-order valence-electron chi connectivity index (χ3n) is 2.94. The molecule has 0 spiro atoms. The third kappa shape index (κ3) is 3.43. The first-order chi connectivity index (χ1) is 8.27. The number of hydrogen-bond acceptors (Lipinski definition) is 3. The second-order valence-electron chi connectivity index (χ2n) is 4.21. The Morgan fingerprint density at radius 1 is 1.47 bits per heavy atom. The van der Waals surface area contributed by atoms with Crippen LogP contribution in [0.5, 0.6) is 0 Å². The molecule has 2 N–H and O–H groups in total. The van der Waals surface area contributed by atoms with Gasteiger partial charge in [0.05, 0.1) is 11.9 Å². The molecule has 0 unspecified atom stereocenters. The van der Waals surface area contributed by atoms with E-state index in [2.05, 4.69) is 37.5 Å². The predicted molar refractivity (Wildman–Crippen MR) is 72.2 cm³/mol. The molecule has 0 fully saturated rings. The maximum absolute atomic E-state index is 11.3. The largest absolute Gasteiger partial charge is 0.382 e. The van der Waals surface area contributed by atoms with E-state index in [0.29, 0.717) is 4.47 Å². The number of hydrogen-bond donors (Lipinski definition) is 2. The molecule has 5 heteroatoms. The zero-order valence-corrected chi connectivity index (χ0v) is 11.2. The molecule has 0 aromatic carbocycles. The summed E-state index contributed by atoms with van der Waals surface area (Å²) in [6, 6.07) is 0. The minimum atomic E-state index is -0.202. The zero-order chi connectivity index (χ0) is 12.1. The predicted octanol–water partition coefficient (Wildman–Crippen LogP) is 2.83. The Morgan fingerprint density at radius 3 is 3.12 bits per heavy atom. The molecular formula is C12H16BrN3O. The monoisotopic (exact) mass is 297 g/mol. The summed E-state index contributed by atoms with van der Waals surface area (Å²) in [5.41, 5.74) is 2.08. The molecule has 0 atom stereocenters. The van der Waals surface area contributed by atoms with Crippen molar-refractivity contribution in [2.75, 3.05) is 11.9 Å². The molecule has 0 saturated heterocycles. The highest BCUT2D eigenvalue weighted by atomic mass is 79.9. The summed E-state index contributed by atoms with van der Waals surface area (Å²) in [6.07, 6.45) is 10.1. The second kappa shape index (κ2) is 6.00. The van der Waals surface area contributed by atoms with Crippen molar-refractivity contribution < 1.29 is 0 Å². The van der Waals surface area contributed by atoms with Crippen molar-refractivity contribution in [1.29, 1.82) is 0 Å². The van der Waals surface area contributed by atoms with Gasteiger partial charge in [0, 0.05) is 6.54 Å². The van der Waals surface area contributed by atoms with E-state index in [1.54, 1.807) is 6.20 Å². The molecule has 0 saturated carbocycles. The van der Waals surface area contributed by atoms with Gasteiger partial charge in [-0.2, -0.15) is 5.10 Å². The zero-order valence-electron chi connectivity index (χ0n) is 9.63. The van der Waals surface area contributed by atoms with Crippen molar-refractivity contribution in [1.82, 2.24) is 10.2 Å². The molecule has 2 rings (SSSR count). The minimum Gasteiger partial charge on any atom is -0.382 e. The van der Waals surface area contributed by atoms with Crippen molar-refractivity contribution in [3.63, 3.8) is 0 Å². The Balaban J connectivity index is 1.87. The summed E-state index contributed by atoms with van der Waals surface area (Å²) < 4.78 is 0.519. The third-order valence-corrected chi connectivity index (χ3v) is 3.73. The van der Waals surface area contributed by atoms with E-state index in [9.17, 15) is 4.79 Å². The maximum Gasteiger partial charge on any atom is 0.280 e. The van der Waals surface area contributed by atoms with Gasteiger partial charge in [-0.05, 0) is 48.0 Å². The van der Waals surface area contributed by atoms with Crippen LogP contribution in [-0.4, -0.2) is 16.7 Å². The van der Waals surface area contributed by atoms with Gasteiger partial charge < -0.3 is 5.32 Å². The topological polar surface area (TPSA) is 57.8 Å². The van der Waals surface area contributed by atoms with E-state index >= 15 is 0 Å². The number of rotatable bonds is 4. The van der Waals surface area contributed by atoms with Gasteiger partial charge in [0.2, 0.25) is 0 Å². The van der Waals surface area contributed by atoms with E-state index in [0.717, 1.165) is 18.7 Å². The molecule has 0 radical (unpaired) electrons. The van der Waals surface area contributed by atoms with Gasteiger partial charge in [0.25, 0.3) is 5.56 Å². The Morgan fingerprint density at radius 2 is 2.35 bits per heavy atom. The first-order valence-corrected chi connectivity index (χ1v) is 6.71. The molecule has 1 aliphatic carbocycles. The van der Waals surface area contributed by atoms with E-state index in [4.69, 9.17) is 0 Å². The number of anilines is 1. The van der Waals surface area contributed by atoms with Gasteiger partial charge >= 0.3 is 0 Å². The van der Waals surface area contributed by atoms with Gasteiger partial charge in [-0.15, -0.1) is 0 Å². The molecule has 1 aromatic rings. The van der Waals surface area contributed by atoms with Crippen molar-refractivity contribution in [3.05, 3.63) is 32.7 Å². The number of aromatic nitrogens is 2. The number of nitrogens with zero attached hydrogens (tertiary/aromatic N) is 1. The van der Waals surface area contributed by atoms with Crippen LogP contribution in [0.3, 0.4) is 0 Å². The van der Waals surface area contributed by atoms with Crippen LogP contribution in [0.25, 0.3) is 0 Å². The summed E-state index contributed by atoms with van der Waals surface area (Å²) in [6.45, 7) is 0.843. The van der Waals surface area contributed by atoms with Crippen LogP contribution in [0.2, 0.25) is 0 Å². The van der Waals surface area contributed by atoms with Crippen LogP contribution in [0, 0.1) is 0 Å². The highest BCUT2D eigenvalue weighted by Crippen LogP contribution is 2.21. The van der Waals surface area contributed by atoms with Gasteiger partial charge in [0.1, 0.15) is 4.47 Å². The molecule has 92 valence electrons. The molecule has 0 bridgehead atoms. The van der Waals surface area contributed by atoms with Crippen LogP contribution < -0.4 is 10.9 Å². The summed E-state index contributed by atoms with van der Waals surface area (Å²) >= 11 is 3.25. The lowest BCUT2D eigenvalue weighted by atomic mass is 9.97. The molecule has 1 aromatic heterocycles. The van der Waals surface area contributed by atoms with Crippen LogP contribution in [0.4, 0.5) is 5.69 Å². The smallest absolute Gasteiger partial charge is 0.280 e. The number of nitrogens with one attached hydrogen (secondary N) is 2. The van der Waals surface area contributed by atoms with E-state index in [1.165, 1.54) is 31.3 Å². The minimum absolute atomic E-state index is 0.202. The molecule has 17 heavy (non-hydrogen) atoms. The Labute approximate surface area is 109 Å². The fourth-order valence-corrected chi connectivity index (χ4v) is 2.33. The number of aromatic amines is 1. The number of halogens is 1. The lowest BCUT2D eigenvalue weighted by Crippen LogP contribution is -2.13. The first kappa shape index (κ1) is 12.4. The molecule has 1 heterocycles. The standard InChI is InChI=1S/C12H16BrN3O/c13-11-10(8-15-16-12(11)17)14-7-6-9-4-2-1-3-5-9/h4,8H,1-3,5-7H2,(H2,14,16,17). The average Bonchev–Trinajstić information content (AvgIpc) is 2.36. The maximum atomic E-state index is 11.3. The van der Waals surface area contributed by atoms with Crippen LogP contribution >= 0.6 is 15.9 Å². The highest BCUT2D eigenvalue weighted by molar-refractivity contribution is 9.10. The number of H-pyrrole nitrogens is 1. The molecule has 1 aliphatic rings. The first-order valence-electron chi connectivity index (χ1n) is 5.92. The van der Waals surface area contributed by atoms with Crippen molar-refractivity contribution in [3.8, 4) is 0 Å². The van der Waals surface area contributed by atoms with Crippen molar-refractivity contribution in [2.24, 2.45) is 0 Å². The SMILES string of the molecule is O=c1[nH]ncc(NCCC2=CCCCC2)c1Br. The van der Waals surface area contributed by atoms with E-state index in [-0.39, 0.29) is 5.56 Å². The quantitative estimate of drug-likeness (QED) is 0.840. The summed E-state index contributed by atoms with van der Waals surface area (Å²) in [7, 11) is 0. The second-order valence-corrected chi connectivity index (χ2v) is 5.00.